The fourth-order valence-electron chi connectivity index (χ4n) is 4.08. The van der Waals surface area contributed by atoms with E-state index in [1.807, 2.05) is 0 Å². The molecular weight excluding hydrogens is 366 g/mol. The number of aliphatic hydroxyl groups is 1. The zero-order chi connectivity index (χ0) is 20.6. The van der Waals surface area contributed by atoms with Crippen LogP contribution >= 0.6 is 0 Å². The second kappa shape index (κ2) is 7.47. The van der Waals surface area contributed by atoms with E-state index in [1.54, 1.807) is 32.9 Å². The molecule has 3 rings (SSSR count). The average Bonchev–Trinajstić information content (AvgIpc) is 2.75. The van der Waals surface area contributed by atoms with Crippen molar-refractivity contribution in [3.8, 4) is 0 Å². The molecule has 1 amide bonds. The van der Waals surface area contributed by atoms with Gasteiger partial charge in [0, 0.05) is 17.7 Å². The molecule has 150 valence electrons. The third-order valence-corrected chi connectivity index (χ3v) is 5.23. The molecule has 1 aromatic heterocycles. The third kappa shape index (κ3) is 3.58. The predicted molar refractivity (Wildman–Crippen MR) is 99.9 cm³/mol. The Balaban J connectivity index is 2.28. The molecule has 2 aromatic rings. The van der Waals surface area contributed by atoms with Crippen molar-refractivity contribution in [2.45, 2.75) is 57.2 Å². The SMILES string of the molecule is CC(C)(C)N(C(=O)O)[C@@H]1c2cccnc2[C@@H](O)CC[C@H]1c1cccc(F)c1F. The summed E-state index contributed by atoms with van der Waals surface area (Å²) in [7, 11) is 0. The highest BCUT2D eigenvalue weighted by Gasteiger charge is 2.43. The average molecular weight is 390 g/mol. The molecule has 1 aromatic carbocycles. The number of hydrogen-bond acceptors (Lipinski definition) is 3. The highest BCUT2D eigenvalue weighted by Crippen LogP contribution is 2.48. The van der Waals surface area contributed by atoms with E-state index in [4.69, 9.17) is 0 Å². The first-order valence-corrected chi connectivity index (χ1v) is 9.22. The quantitative estimate of drug-likeness (QED) is 0.723. The van der Waals surface area contributed by atoms with Crippen molar-refractivity contribution in [2.24, 2.45) is 0 Å². The predicted octanol–water partition coefficient (Wildman–Crippen LogP) is 4.79. The van der Waals surface area contributed by atoms with Crippen LogP contribution in [0.4, 0.5) is 13.6 Å². The molecule has 1 aliphatic carbocycles. The lowest BCUT2D eigenvalue weighted by Gasteiger charge is -2.43. The van der Waals surface area contributed by atoms with Crippen molar-refractivity contribution in [3.63, 3.8) is 0 Å². The lowest BCUT2D eigenvalue weighted by Crippen LogP contribution is -2.49. The largest absolute Gasteiger partial charge is 0.465 e. The van der Waals surface area contributed by atoms with Gasteiger partial charge in [-0.25, -0.2) is 13.6 Å². The summed E-state index contributed by atoms with van der Waals surface area (Å²) in [5.74, 6) is -2.64. The number of pyridine rings is 1. The summed E-state index contributed by atoms with van der Waals surface area (Å²) in [5.41, 5.74) is 0.172. The number of amides is 1. The standard InChI is InChI=1S/C21H24F2N2O3/c1-21(2,3)25(20(27)28)19-13(12-6-4-8-15(22)17(12)23)9-10-16(26)18-14(19)7-5-11-24-18/h4-8,11,13,16,19,26H,9-10H2,1-3H3,(H,27,28)/t13-,16-,19-/m0/s1. The highest BCUT2D eigenvalue weighted by atomic mass is 19.2. The van der Waals surface area contributed by atoms with E-state index in [0.717, 1.165) is 6.07 Å². The van der Waals surface area contributed by atoms with E-state index in [1.165, 1.54) is 23.2 Å². The van der Waals surface area contributed by atoms with Gasteiger partial charge in [0.15, 0.2) is 11.6 Å². The van der Waals surface area contributed by atoms with E-state index < -0.39 is 41.3 Å². The molecular formula is C21H24F2N2O3. The minimum Gasteiger partial charge on any atom is -0.465 e. The zero-order valence-corrected chi connectivity index (χ0v) is 16.1. The minimum absolute atomic E-state index is 0.101. The molecule has 0 bridgehead atoms. The van der Waals surface area contributed by atoms with Crippen molar-refractivity contribution in [1.29, 1.82) is 0 Å². The number of aromatic nitrogens is 1. The number of carbonyl (C=O) groups is 1. The fourth-order valence-corrected chi connectivity index (χ4v) is 4.08. The first-order chi connectivity index (χ1) is 13.1. The monoisotopic (exact) mass is 390 g/mol. The van der Waals surface area contributed by atoms with E-state index >= 15 is 0 Å². The number of fused-ring (bicyclic) bond motifs is 1. The molecule has 1 heterocycles. The Labute approximate surface area is 162 Å². The van der Waals surface area contributed by atoms with Crippen LogP contribution in [0.5, 0.6) is 0 Å². The number of benzene rings is 1. The van der Waals surface area contributed by atoms with E-state index in [2.05, 4.69) is 4.98 Å². The maximum absolute atomic E-state index is 14.7. The fraction of sp³-hybridized carbons (Fsp3) is 0.429. The second-order valence-electron chi connectivity index (χ2n) is 8.09. The first-order valence-electron chi connectivity index (χ1n) is 9.22. The normalized spacial score (nSPS) is 22.3. The summed E-state index contributed by atoms with van der Waals surface area (Å²) in [4.78, 5) is 17.8. The van der Waals surface area contributed by atoms with Gasteiger partial charge in [0.25, 0.3) is 0 Å². The lowest BCUT2D eigenvalue weighted by molar-refractivity contribution is 0.0584. The van der Waals surface area contributed by atoms with Crippen LogP contribution in [-0.2, 0) is 0 Å². The van der Waals surface area contributed by atoms with Gasteiger partial charge in [-0.15, -0.1) is 0 Å². The Morgan fingerprint density at radius 3 is 2.46 bits per heavy atom. The van der Waals surface area contributed by atoms with E-state index in [0.29, 0.717) is 11.3 Å². The maximum Gasteiger partial charge on any atom is 0.408 e. The topological polar surface area (TPSA) is 73.7 Å². The smallest absolute Gasteiger partial charge is 0.408 e. The molecule has 28 heavy (non-hydrogen) atoms. The van der Waals surface area contributed by atoms with Crippen LogP contribution in [0.3, 0.4) is 0 Å². The molecule has 2 N–H and O–H groups in total. The Morgan fingerprint density at radius 2 is 1.82 bits per heavy atom. The Kier molecular flexibility index (Phi) is 5.39. The van der Waals surface area contributed by atoms with Crippen LogP contribution < -0.4 is 0 Å². The van der Waals surface area contributed by atoms with Gasteiger partial charge in [-0.1, -0.05) is 18.2 Å². The van der Waals surface area contributed by atoms with E-state index in [-0.39, 0.29) is 18.4 Å². The molecule has 0 radical (unpaired) electrons. The molecule has 5 nitrogen and oxygen atoms in total. The van der Waals surface area contributed by atoms with Gasteiger partial charge >= 0.3 is 6.09 Å². The Bertz CT molecular complexity index is 882. The van der Waals surface area contributed by atoms with Gasteiger partial charge in [-0.3, -0.25) is 9.88 Å². The number of nitrogens with zero attached hydrogens (tertiary/aromatic N) is 2. The first kappa shape index (κ1) is 20.2. The van der Waals surface area contributed by atoms with Crippen molar-refractivity contribution < 1.29 is 23.8 Å². The molecule has 0 saturated carbocycles. The molecule has 0 spiro atoms. The van der Waals surface area contributed by atoms with Gasteiger partial charge < -0.3 is 10.2 Å². The summed E-state index contributed by atoms with van der Waals surface area (Å²) >= 11 is 0. The number of hydrogen-bond donors (Lipinski definition) is 2. The summed E-state index contributed by atoms with van der Waals surface area (Å²) in [6.45, 7) is 5.24. The van der Waals surface area contributed by atoms with Crippen LogP contribution in [0.1, 0.15) is 68.5 Å². The lowest BCUT2D eigenvalue weighted by atomic mass is 9.82. The zero-order valence-electron chi connectivity index (χ0n) is 16.1. The maximum atomic E-state index is 14.7. The Hall–Kier alpha value is -2.54. The van der Waals surface area contributed by atoms with Gasteiger partial charge in [0.05, 0.1) is 17.8 Å². The van der Waals surface area contributed by atoms with Crippen molar-refractivity contribution in [2.75, 3.05) is 0 Å². The molecule has 0 saturated heterocycles. The minimum atomic E-state index is -1.18. The van der Waals surface area contributed by atoms with Gasteiger partial charge in [-0.2, -0.15) is 0 Å². The summed E-state index contributed by atoms with van der Waals surface area (Å²) in [5, 5.41) is 20.6. The molecule has 3 atom stereocenters. The number of rotatable bonds is 2. The van der Waals surface area contributed by atoms with Crippen molar-refractivity contribution in [1.82, 2.24) is 9.88 Å². The number of halogens is 2. The van der Waals surface area contributed by atoms with Crippen LogP contribution in [0.2, 0.25) is 0 Å². The van der Waals surface area contributed by atoms with Crippen molar-refractivity contribution in [3.05, 3.63) is 65.0 Å². The van der Waals surface area contributed by atoms with Gasteiger partial charge in [0.2, 0.25) is 0 Å². The molecule has 1 aliphatic rings. The molecule has 0 aliphatic heterocycles. The van der Waals surface area contributed by atoms with Crippen LogP contribution in [0, 0.1) is 11.6 Å². The second-order valence-corrected chi connectivity index (χ2v) is 8.09. The molecule has 7 heteroatoms. The van der Waals surface area contributed by atoms with Crippen molar-refractivity contribution >= 4 is 6.09 Å². The highest BCUT2D eigenvalue weighted by molar-refractivity contribution is 5.67. The summed E-state index contributed by atoms with van der Waals surface area (Å²) < 4.78 is 28.7. The number of aliphatic hydroxyl groups excluding tert-OH is 1. The van der Waals surface area contributed by atoms with Gasteiger partial charge in [-0.05, 0) is 56.9 Å². The van der Waals surface area contributed by atoms with Crippen LogP contribution in [0.25, 0.3) is 0 Å². The molecule has 0 fully saturated rings. The number of carboxylic acid groups (broad SMARTS) is 1. The summed E-state index contributed by atoms with van der Waals surface area (Å²) in [6, 6.07) is 6.46. The van der Waals surface area contributed by atoms with E-state index in [9.17, 15) is 23.8 Å². The molecule has 0 unspecified atom stereocenters. The summed E-state index contributed by atoms with van der Waals surface area (Å²) in [6.07, 6.45) is -0.00704. The van der Waals surface area contributed by atoms with Crippen LogP contribution in [0.15, 0.2) is 36.5 Å². The van der Waals surface area contributed by atoms with Crippen LogP contribution in [-0.4, -0.2) is 31.7 Å². The van der Waals surface area contributed by atoms with Gasteiger partial charge in [0.1, 0.15) is 0 Å². The third-order valence-electron chi connectivity index (χ3n) is 5.23. The Morgan fingerprint density at radius 1 is 1.14 bits per heavy atom.